The molecule has 0 heterocycles. The molecule has 0 aromatic heterocycles. The van der Waals surface area contributed by atoms with Crippen LogP contribution in [0.4, 0.5) is 24.5 Å². The van der Waals surface area contributed by atoms with Gasteiger partial charge < -0.3 is 5.32 Å². The number of amides is 1. The maximum Gasteiger partial charge on any atom is 0.417 e. The van der Waals surface area contributed by atoms with Gasteiger partial charge in [-0.1, -0.05) is 17.7 Å². The van der Waals surface area contributed by atoms with Gasteiger partial charge in [0.05, 0.1) is 16.8 Å². The van der Waals surface area contributed by atoms with E-state index in [0.717, 1.165) is 18.4 Å². The first kappa shape index (κ1) is 19.1. The molecule has 0 bridgehead atoms. The molecule has 0 atom stereocenters. The molecule has 0 aliphatic carbocycles. The molecule has 10 heteroatoms. The number of rotatable bonds is 4. The summed E-state index contributed by atoms with van der Waals surface area (Å²) in [6, 6.07) is 8.50. The molecule has 0 saturated carbocycles. The highest BCUT2D eigenvalue weighted by atomic mass is 35.5. The summed E-state index contributed by atoms with van der Waals surface area (Å²) in [5.74, 6) is -0.701. The maximum atomic E-state index is 12.8. The molecular weight excluding hydrogens is 381 g/mol. The van der Waals surface area contributed by atoms with Gasteiger partial charge in [-0.2, -0.15) is 13.2 Å². The van der Waals surface area contributed by atoms with Gasteiger partial charge in [-0.25, -0.2) is 8.42 Å². The Hall–Kier alpha value is -2.26. The molecule has 0 aliphatic heterocycles. The Kier molecular flexibility index (Phi) is 5.28. The van der Waals surface area contributed by atoms with Gasteiger partial charge in [0, 0.05) is 16.9 Å². The number of sulfonamides is 1. The number of carbonyl (C=O) groups is 1. The number of hydrogen-bond acceptors (Lipinski definition) is 3. The van der Waals surface area contributed by atoms with E-state index >= 15 is 0 Å². The Balaban J connectivity index is 2.24. The minimum atomic E-state index is -4.66. The zero-order valence-electron chi connectivity index (χ0n) is 12.7. The van der Waals surface area contributed by atoms with Crippen molar-refractivity contribution < 1.29 is 26.4 Å². The summed E-state index contributed by atoms with van der Waals surface area (Å²) in [4.78, 5) is 12.2. The highest BCUT2D eigenvalue weighted by Gasteiger charge is 2.33. The molecule has 5 nitrogen and oxygen atoms in total. The zero-order valence-corrected chi connectivity index (χ0v) is 14.3. The van der Waals surface area contributed by atoms with Gasteiger partial charge in [0.15, 0.2) is 0 Å². The van der Waals surface area contributed by atoms with Gasteiger partial charge in [-0.3, -0.25) is 9.52 Å². The van der Waals surface area contributed by atoms with Crippen molar-refractivity contribution in [1.82, 2.24) is 0 Å². The molecule has 2 aromatic carbocycles. The molecular formula is C15H12ClF3N2O3S. The predicted octanol–water partition coefficient (Wildman–Crippen LogP) is 3.98. The molecule has 2 aromatic rings. The molecule has 0 saturated heterocycles. The van der Waals surface area contributed by atoms with Crippen molar-refractivity contribution in [2.24, 2.45) is 0 Å². The monoisotopic (exact) mass is 392 g/mol. The molecule has 134 valence electrons. The van der Waals surface area contributed by atoms with E-state index < -0.39 is 32.7 Å². The normalized spacial score (nSPS) is 11.9. The zero-order chi connectivity index (χ0) is 18.8. The van der Waals surface area contributed by atoms with Gasteiger partial charge in [0.2, 0.25) is 10.0 Å². The van der Waals surface area contributed by atoms with Crippen molar-refractivity contribution in [3.05, 3.63) is 58.6 Å². The number of nitrogens with one attached hydrogen (secondary N) is 2. The third-order valence-electron chi connectivity index (χ3n) is 2.96. The van der Waals surface area contributed by atoms with Gasteiger partial charge in [0.25, 0.3) is 5.91 Å². The van der Waals surface area contributed by atoms with Crippen LogP contribution < -0.4 is 10.0 Å². The van der Waals surface area contributed by atoms with Crippen molar-refractivity contribution in [1.29, 1.82) is 0 Å². The third kappa shape index (κ3) is 5.36. The average molecular weight is 393 g/mol. The largest absolute Gasteiger partial charge is 0.417 e. The van der Waals surface area contributed by atoms with Crippen LogP contribution in [-0.4, -0.2) is 20.6 Å². The lowest BCUT2D eigenvalue weighted by atomic mass is 10.1. The number of carbonyl (C=O) groups excluding carboxylic acids is 1. The second-order valence-corrected chi connectivity index (χ2v) is 7.26. The number of hydrogen-bond donors (Lipinski definition) is 2. The minimum Gasteiger partial charge on any atom is -0.322 e. The molecule has 0 spiro atoms. The summed E-state index contributed by atoms with van der Waals surface area (Å²) in [7, 11) is -3.53. The summed E-state index contributed by atoms with van der Waals surface area (Å²) in [5, 5.41) is 1.83. The first-order valence-electron chi connectivity index (χ1n) is 6.72. The van der Waals surface area contributed by atoms with E-state index in [9.17, 15) is 26.4 Å². The Labute approximate surface area is 146 Å². The van der Waals surface area contributed by atoms with Crippen LogP contribution in [0.25, 0.3) is 0 Å². The van der Waals surface area contributed by atoms with Gasteiger partial charge in [-0.15, -0.1) is 0 Å². The van der Waals surface area contributed by atoms with Gasteiger partial charge in [0.1, 0.15) is 0 Å². The van der Waals surface area contributed by atoms with Crippen LogP contribution in [-0.2, 0) is 16.2 Å². The van der Waals surface area contributed by atoms with Crippen molar-refractivity contribution in [2.45, 2.75) is 6.18 Å². The second-order valence-electron chi connectivity index (χ2n) is 5.10. The molecule has 0 fully saturated rings. The highest BCUT2D eigenvalue weighted by molar-refractivity contribution is 7.92. The summed E-state index contributed by atoms with van der Waals surface area (Å²) >= 11 is 5.52. The standard InChI is InChI=1S/C15H12ClF3N2O3S/c1-25(23,24)21-11-4-2-3-9(7-11)14(22)20-10-5-6-13(16)12(8-10)15(17,18)19/h2-8,21H,1H3,(H,20,22). The highest BCUT2D eigenvalue weighted by Crippen LogP contribution is 2.36. The summed E-state index contributed by atoms with van der Waals surface area (Å²) in [6.07, 6.45) is -3.71. The van der Waals surface area contributed by atoms with Crippen LogP contribution in [0.1, 0.15) is 15.9 Å². The fourth-order valence-corrected chi connectivity index (χ4v) is 2.74. The quantitative estimate of drug-likeness (QED) is 0.826. The van der Waals surface area contributed by atoms with Crippen LogP contribution in [0, 0.1) is 0 Å². The molecule has 2 N–H and O–H groups in total. The van der Waals surface area contributed by atoms with Crippen LogP contribution in [0.5, 0.6) is 0 Å². The van der Waals surface area contributed by atoms with Crippen molar-refractivity contribution in [3.8, 4) is 0 Å². The fourth-order valence-electron chi connectivity index (χ4n) is 1.96. The van der Waals surface area contributed by atoms with E-state index in [0.29, 0.717) is 0 Å². The number of benzene rings is 2. The lowest BCUT2D eigenvalue weighted by Crippen LogP contribution is -2.14. The Morgan fingerprint density at radius 1 is 1.08 bits per heavy atom. The summed E-state index contributed by atoms with van der Waals surface area (Å²) in [5.41, 5.74) is -0.943. The van der Waals surface area contributed by atoms with E-state index in [4.69, 9.17) is 11.6 Å². The Morgan fingerprint density at radius 2 is 1.76 bits per heavy atom. The van der Waals surface area contributed by atoms with E-state index in [2.05, 4.69) is 10.0 Å². The van der Waals surface area contributed by atoms with E-state index in [1.165, 1.54) is 30.3 Å². The lowest BCUT2D eigenvalue weighted by molar-refractivity contribution is -0.137. The van der Waals surface area contributed by atoms with E-state index in [1.807, 2.05) is 0 Å². The van der Waals surface area contributed by atoms with E-state index in [-0.39, 0.29) is 16.9 Å². The Bertz CT molecular complexity index is 914. The average Bonchev–Trinajstić information content (AvgIpc) is 2.46. The molecule has 0 unspecified atom stereocenters. The van der Waals surface area contributed by atoms with Crippen molar-refractivity contribution >= 4 is 38.9 Å². The molecule has 0 aliphatic rings. The first-order valence-corrected chi connectivity index (χ1v) is 8.98. The third-order valence-corrected chi connectivity index (χ3v) is 3.89. The molecule has 1 amide bonds. The Morgan fingerprint density at radius 3 is 2.36 bits per heavy atom. The van der Waals surface area contributed by atoms with Gasteiger partial charge in [-0.05, 0) is 36.4 Å². The predicted molar refractivity (Wildman–Crippen MR) is 89.3 cm³/mol. The number of alkyl halides is 3. The maximum absolute atomic E-state index is 12.8. The van der Waals surface area contributed by atoms with E-state index in [1.54, 1.807) is 0 Å². The second kappa shape index (κ2) is 6.93. The molecule has 2 rings (SSSR count). The molecule has 25 heavy (non-hydrogen) atoms. The smallest absolute Gasteiger partial charge is 0.322 e. The van der Waals surface area contributed by atoms with Crippen LogP contribution >= 0.6 is 11.6 Å². The van der Waals surface area contributed by atoms with Crippen LogP contribution in [0.3, 0.4) is 0 Å². The molecule has 0 radical (unpaired) electrons. The SMILES string of the molecule is CS(=O)(=O)Nc1cccc(C(=O)Nc2ccc(Cl)c(C(F)(F)F)c2)c1. The van der Waals surface area contributed by atoms with Crippen LogP contribution in [0.2, 0.25) is 5.02 Å². The first-order chi connectivity index (χ1) is 11.5. The van der Waals surface area contributed by atoms with Crippen molar-refractivity contribution in [3.63, 3.8) is 0 Å². The van der Waals surface area contributed by atoms with Crippen molar-refractivity contribution in [2.75, 3.05) is 16.3 Å². The summed E-state index contributed by atoms with van der Waals surface area (Å²) in [6.45, 7) is 0. The number of anilines is 2. The van der Waals surface area contributed by atoms with Gasteiger partial charge >= 0.3 is 6.18 Å². The topological polar surface area (TPSA) is 75.3 Å². The number of halogens is 4. The van der Waals surface area contributed by atoms with Crippen LogP contribution in [0.15, 0.2) is 42.5 Å². The summed E-state index contributed by atoms with van der Waals surface area (Å²) < 4.78 is 63.1. The minimum absolute atomic E-state index is 0.0668. The lowest BCUT2D eigenvalue weighted by Gasteiger charge is -2.12. The fraction of sp³-hybridized carbons (Fsp3) is 0.133.